The summed E-state index contributed by atoms with van der Waals surface area (Å²) in [5.74, 6) is 3.12. The first-order valence-electron chi connectivity index (χ1n) is 7.92. The third-order valence-electron chi connectivity index (χ3n) is 4.06. The molecule has 114 valence electrons. The minimum absolute atomic E-state index is 0.317. The van der Waals surface area contributed by atoms with Gasteiger partial charge in [-0.05, 0) is 44.2 Å². The molecule has 0 bridgehead atoms. The highest BCUT2D eigenvalue weighted by Crippen LogP contribution is 2.26. The van der Waals surface area contributed by atoms with Crippen molar-refractivity contribution in [1.82, 2.24) is 5.32 Å². The van der Waals surface area contributed by atoms with Crippen LogP contribution in [0.3, 0.4) is 0 Å². The van der Waals surface area contributed by atoms with E-state index in [1.807, 2.05) is 13.0 Å². The molecule has 1 atom stereocenters. The van der Waals surface area contributed by atoms with E-state index in [0.29, 0.717) is 30.4 Å². The molecule has 2 heteroatoms. The van der Waals surface area contributed by atoms with Gasteiger partial charge in [-0.3, -0.25) is 0 Å². The number of para-hydroxylation sites is 1. The summed E-state index contributed by atoms with van der Waals surface area (Å²) >= 11 is 0. The molecular formula is C18H31NO. The first kappa shape index (κ1) is 17.0. The highest BCUT2D eigenvalue weighted by Gasteiger charge is 2.19. The molecule has 0 heterocycles. The molecule has 0 saturated carbocycles. The average Bonchev–Trinajstić information content (AvgIpc) is 2.39. The second-order valence-electron chi connectivity index (χ2n) is 6.25. The van der Waals surface area contributed by atoms with Crippen molar-refractivity contribution in [2.24, 2.45) is 17.8 Å². The molecule has 1 N–H and O–H groups in total. The van der Waals surface area contributed by atoms with E-state index in [9.17, 15) is 0 Å². The second-order valence-corrected chi connectivity index (χ2v) is 6.25. The fourth-order valence-corrected chi connectivity index (χ4v) is 2.79. The van der Waals surface area contributed by atoms with Crippen LogP contribution in [0, 0.1) is 17.8 Å². The van der Waals surface area contributed by atoms with Gasteiger partial charge < -0.3 is 10.1 Å². The van der Waals surface area contributed by atoms with Gasteiger partial charge in [-0.25, -0.2) is 0 Å². The van der Waals surface area contributed by atoms with Crippen molar-refractivity contribution in [3.8, 4) is 5.75 Å². The summed E-state index contributed by atoms with van der Waals surface area (Å²) in [5.41, 5.74) is 1.25. The Morgan fingerprint density at radius 3 is 2.15 bits per heavy atom. The van der Waals surface area contributed by atoms with E-state index in [4.69, 9.17) is 4.74 Å². The zero-order valence-corrected chi connectivity index (χ0v) is 13.9. The Kier molecular flexibility index (Phi) is 7.08. The summed E-state index contributed by atoms with van der Waals surface area (Å²) in [5, 5.41) is 3.68. The van der Waals surface area contributed by atoms with Crippen molar-refractivity contribution in [3.63, 3.8) is 0 Å². The lowest BCUT2D eigenvalue weighted by molar-refractivity contribution is 0.266. The summed E-state index contributed by atoms with van der Waals surface area (Å²) in [6, 6.07) is 8.64. The van der Waals surface area contributed by atoms with Gasteiger partial charge in [0, 0.05) is 11.6 Å². The molecule has 0 aliphatic carbocycles. The summed E-state index contributed by atoms with van der Waals surface area (Å²) in [7, 11) is 0. The molecule has 0 spiro atoms. The number of hydrogen-bond donors (Lipinski definition) is 1. The summed E-state index contributed by atoms with van der Waals surface area (Å²) < 4.78 is 5.72. The predicted octanol–water partition coefficient (Wildman–Crippen LogP) is 4.66. The molecule has 1 unspecified atom stereocenters. The SMILES string of the molecule is CCOc1ccccc1C(C)NCC(C(C)C)C(C)C. The lowest BCUT2D eigenvalue weighted by atomic mass is 9.85. The molecule has 1 rings (SSSR count). The van der Waals surface area contributed by atoms with Crippen LogP contribution in [0.5, 0.6) is 5.75 Å². The van der Waals surface area contributed by atoms with Crippen molar-refractivity contribution < 1.29 is 4.74 Å². The molecule has 2 nitrogen and oxygen atoms in total. The van der Waals surface area contributed by atoms with E-state index in [1.54, 1.807) is 0 Å². The third kappa shape index (κ3) is 4.82. The van der Waals surface area contributed by atoms with Crippen molar-refractivity contribution in [1.29, 1.82) is 0 Å². The van der Waals surface area contributed by atoms with Crippen LogP contribution >= 0.6 is 0 Å². The maximum atomic E-state index is 5.72. The van der Waals surface area contributed by atoms with Crippen molar-refractivity contribution in [3.05, 3.63) is 29.8 Å². The first-order valence-corrected chi connectivity index (χ1v) is 7.92. The van der Waals surface area contributed by atoms with Gasteiger partial charge in [0.05, 0.1) is 6.61 Å². The van der Waals surface area contributed by atoms with E-state index >= 15 is 0 Å². The van der Waals surface area contributed by atoms with Gasteiger partial charge in [0.2, 0.25) is 0 Å². The quantitative estimate of drug-likeness (QED) is 0.746. The normalized spacial score (nSPS) is 13.2. The first-order chi connectivity index (χ1) is 9.47. The second kappa shape index (κ2) is 8.31. The Bertz CT molecular complexity index is 379. The number of hydrogen-bond acceptors (Lipinski definition) is 2. The Balaban J connectivity index is 2.69. The number of benzene rings is 1. The minimum atomic E-state index is 0.317. The molecule has 0 amide bonds. The summed E-state index contributed by atoms with van der Waals surface area (Å²) in [6.45, 7) is 15.3. The number of rotatable bonds is 8. The molecule has 1 aromatic carbocycles. The zero-order valence-electron chi connectivity index (χ0n) is 13.9. The standard InChI is InChI=1S/C18H31NO/c1-7-20-18-11-9-8-10-16(18)15(6)19-12-17(13(2)3)14(4)5/h8-11,13-15,17,19H,7,12H2,1-6H3. The fraction of sp³-hybridized carbons (Fsp3) is 0.667. The monoisotopic (exact) mass is 277 g/mol. The number of nitrogens with one attached hydrogen (secondary N) is 1. The van der Waals surface area contributed by atoms with Gasteiger partial charge in [-0.2, -0.15) is 0 Å². The van der Waals surface area contributed by atoms with Crippen LogP contribution in [-0.4, -0.2) is 13.2 Å². The van der Waals surface area contributed by atoms with Crippen LogP contribution in [0.2, 0.25) is 0 Å². The highest BCUT2D eigenvalue weighted by molar-refractivity contribution is 5.35. The van der Waals surface area contributed by atoms with Crippen LogP contribution < -0.4 is 10.1 Å². The predicted molar refractivity (Wildman–Crippen MR) is 87.2 cm³/mol. The average molecular weight is 277 g/mol. The topological polar surface area (TPSA) is 21.3 Å². The zero-order chi connectivity index (χ0) is 15.1. The van der Waals surface area contributed by atoms with Gasteiger partial charge in [0.1, 0.15) is 5.75 Å². The Labute approximate surface area is 124 Å². The fourth-order valence-electron chi connectivity index (χ4n) is 2.79. The van der Waals surface area contributed by atoms with Gasteiger partial charge >= 0.3 is 0 Å². The Morgan fingerprint density at radius 1 is 1.00 bits per heavy atom. The lowest BCUT2D eigenvalue weighted by Gasteiger charge is -2.27. The Morgan fingerprint density at radius 2 is 1.60 bits per heavy atom. The minimum Gasteiger partial charge on any atom is -0.494 e. The van der Waals surface area contributed by atoms with Gasteiger partial charge in [-0.1, -0.05) is 45.9 Å². The molecule has 20 heavy (non-hydrogen) atoms. The van der Waals surface area contributed by atoms with Gasteiger partial charge in [0.25, 0.3) is 0 Å². The van der Waals surface area contributed by atoms with E-state index in [-0.39, 0.29) is 0 Å². The van der Waals surface area contributed by atoms with Gasteiger partial charge in [-0.15, -0.1) is 0 Å². The molecule has 0 aromatic heterocycles. The lowest BCUT2D eigenvalue weighted by Crippen LogP contribution is -2.31. The highest BCUT2D eigenvalue weighted by atomic mass is 16.5. The van der Waals surface area contributed by atoms with E-state index in [1.165, 1.54) is 5.56 Å². The smallest absolute Gasteiger partial charge is 0.124 e. The molecule has 0 radical (unpaired) electrons. The van der Waals surface area contributed by atoms with E-state index in [0.717, 1.165) is 12.3 Å². The summed E-state index contributed by atoms with van der Waals surface area (Å²) in [4.78, 5) is 0. The largest absolute Gasteiger partial charge is 0.494 e. The van der Waals surface area contributed by atoms with E-state index < -0.39 is 0 Å². The molecule has 1 aromatic rings. The van der Waals surface area contributed by atoms with Crippen molar-refractivity contribution >= 4 is 0 Å². The molecular weight excluding hydrogens is 246 g/mol. The maximum absolute atomic E-state index is 5.72. The molecule has 0 saturated heterocycles. The molecule has 0 fully saturated rings. The summed E-state index contributed by atoms with van der Waals surface area (Å²) in [6.07, 6.45) is 0. The third-order valence-corrected chi connectivity index (χ3v) is 4.06. The number of ether oxygens (including phenoxy) is 1. The van der Waals surface area contributed by atoms with Crippen LogP contribution in [0.15, 0.2) is 24.3 Å². The Hall–Kier alpha value is -1.02. The van der Waals surface area contributed by atoms with Crippen molar-refractivity contribution in [2.75, 3.05) is 13.2 Å². The molecule has 0 aliphatic rings. The van der Waals surface area contributed by atoms with Crippen LogP contribution in [0.1, 0.15) is 53.1 Å². The van der Waals surface area contributed by atoms with Crippen molar-refractivity contribution in [2.45, 2.75) is 47.6 Å². The van der Waals surface area contributed by atoms with Gasteiger partial charge in [0.15, 0.2) is 0 Å². The van der Waals surface area contributed by atoms with Crippen LogP contribution in [0.25, 0.3) is 0 Å². The maximum Gasteiger partial charge on any atom is 0.124 e. The van der Waals surface area contributed by atoms with E-state index in [2.05, 4.69) is 58.1 Å². The van der Waals surface area contributed by atoms with Crippen LogP contribution in [-0.2, 0) is 0 Å². The molecule has 0 aliphatic heterocycles. The van der Waals surface area contributed by atoms with Crippen LogP contribution in [0.4, 0.5) is 0 Å².